The van der Waals surface area contributed by atoms with E-state index in [2.05, 4.69) is 5.32 Å². The number of ether oxygens (including phenoxy) is 3. The smallest absolute Gasteiger partial charge is 0.245 e. The summed E-state index contributed by atoms with van der Waals surface area (Å²) in [7, 11) is 0. The van der Waals surface area contributed by atoms with E-state index in [9.17, 15) is 14.4 Å². The lowest BCUT2D eigenvalue weighted by Crippen LogP contribution is -2.29. The van der Waals surface area contributed by atoms with Crippen LogP contribution in [0.4, 0.5) is 0 Å². The van der Waals surface area contributed by atoms with Crippen LogP contribution in [0.1, 0.15) is 52.9 Å². The van der Waals surface area contributed by atoms with Crippen molar-refractivity contribution in [2.24, 2.45) is 5.92 Å². The monoisotopic (exact) mass is 373 g/mol. The highest BCUT2D eigenvalue weighted by atomic mass is 16.5. The Morgan fingerprint density at radius 3 is 2.35 bits per heavy atom. The predicted molar refractivity (Wildman–Crippen MR) is 99.1 cm³/mol. The second kappa shape index (κ2) is 17.1. The van der Waals surface area contributed by atoms with Crippen LogP contribution in [0.2, 0.25) is 0 Å². The highest BCUT2D eigenvalue weighted by molar-refractivity contribution is 5.79. The van der Waals surface area contributed by atoms with E-state index in [1.165, 1.54) is 0 Å². The molecule has 0 aliphatic rings. The van der Waals surface area contributed by atoms with Crippen molar-refractivity contribution in [1.82, 2.24) is 5.32 Å². The van der Waals surface area contributed by atoms with Crippen molar-refractivity contribution in [1.29, 1.82) is 0 Å². The molecule has 152 valence electrons. The quantitative estimate of drug-likeness (QED) is 0.369. The van der Waals surface area contributed by atoms with Crippen molar-refractivity contribution < 1.29 is 28.6 Å². The molecule has 0 aromatic carbocycles. The summed E-state index contributed by atoms with van der Waals surface area (Å²) in [6.45, 7) is 7.95. The van der Waals surface area contributed by atoms with Gasteiger partial charge in [0, 0.05) is 32.1 Å². The highest BCUT2D eigenvalue weighted by Gasteiger charge is 2.07. The van der Waals surface area contributed by atoms with Gasteiger partial charge in [-0.3, -0.25) is 14.4 Å². The molecule has 26 heavy (non-hydrogen) atoms. The molecule has 0 aliphatic heterocycles. The van der Waals surface area contributed by atoms with E-state index < -0.39 is 0 Å². The molecular weight excluding hydrogens is 338 g/mol. The SMILES string of the molecule is CCOCC(=O)CCCOCCOCC(=O)NCCCC[C@H](C)C(C)=O. The molecule has 7 heteroatoms. The molecular formula is C19H35NO6. The third-order valence-corrected chi connectivity index (χ3v) is 3.90. The van der Waals surface area contributed by atoms with Crippen LogP contribution in [-0.2, 0) is 28.6 Å². The first-order valence-corrected chi connectivity index (χ1v) is 9.49. The standard InChI is InChI=1S/C19H35NO6/c1-4-24-14-18(22)9-7-11-25-12-13-26-15-19(23)20-10-6-5-8-16(2)17(3)21/h16H,4-15H2,1-3H3,(H,20,23)/t16-/m0/s1. The van der Waals surface area contributed by atoms with Gasteiger partial charge in [-0.25, -0.2) is 0 Å². The second-order valence-corrected chi connectivity index (χ2v) is 6.30. The van der Waals surface area contributed by atoms with Gasteiger partial charge in [0.2, 0.25) is 5.91 Å². The van der Waals surface area contributed by atoms with Crippen LogP contribution in [0.3, 0.4) is 0 Å². The zero-order valence-corrected chi connectivity index (χ0v) is 16.5. The minimum atomic E-state index is -0.147. The van der Waals surface area contributed by atoms with Gasteiger partial charge >= 0.3 is 0 Å². The molecule has 0 bridgehead atoms. The highest BCUT2D eigenvalue weighted by Crippen LogP contribution is 2.07. The summed E-state index contributed by atoms with van der Waals surface area (Å²) in [4.78, 5) is 34.0. The van der Waals surface area contributed by atoms with Crippen molar-refractivity contribution in [2.75, 3.05) is 46.2 Å². The minimum Gasteiger partial charge on any atom is -0.379 e. The van der Waals surface area contributed by atoms with Crippen molar-refractivity contribution in [3.63, 3.8) is 0 Å². The Hall–Kier alpha value is -1.31. The number of unbranched alkanes of at least 4 members (excludes halogenated alkanes) is 1. The number of Topliss-reactive ketones (excluding diaryl/α,β-unsaturated/α-hetero) is 2. The van der Waals surface area contributed by atoms with Crippen LogP contribution in [0.25, 0.3) is 0 Å². The van der Waals surface area contributed by atoms with Crippen LogP contribution in [0, 0.1) is 5.92 Å². The molecule has 0 saturated carbocycles. The Kier molecular flexibility index (Phi) is 16.3. The lowest BCUT2D eigenvalue weighted by Gasteiger charge is -2.08. The average molecular weight is 373 g/mol. The molecule has 0 rings (SSSR count). The van der Waals surface area contributed by atoms with Gasteiger partial charge in [-0.2, -0.15) is 0 Å². The molecule has 0 spiro atoms. The molecule has 1 N–H and O–H groups in total. The normalized spacial score (nSPS) is 12.0. The molecule has 0 aromatic heterocycles. The molecule has 0 aliphatic carbocycles. The predicted octanol–water partition coefficient (Wildman–Crippen LogP) is 1.92. The van der Waals surface area contributed by atoms with Gasteiger partial charge in [0.05, 0.1) is 13.2 Å². The van der Waals surface area contributed by atoms with Crippen LogP contribution in [0.15, 0.2) is 0 Å². The van der Waals surface area contributed by atoms with Crippen molar-refractivity contribution >= 4 is 17.5 Å². The van der Waals surface area contributed by atoms with Gasteiger partial charge in [0.25, 0.3) is 0 Å². The number of carbonyl (C=O) groups is 3. The Morgan fingerprint density at radius 2 is 1.65 bits per heavy atom. The lowest BCUT2D eigenvalue weighted by molar-refractivity contribution is -0.126. The van der Waals surface area contributed by atoms with Gasteiger partial charge < -0.3 is 19.5 Å². The van der Waals surface area contributed by atoms with Gasteiger partial charge in [-0.05, 0) is 33.1 Å². The number of hydrogen-bond acceptors (Lipinski definition) is 6. The van der Waals surface area contributed by atoms with Crippen LogP contribution < -0.4 is 5.32 Å². The van der Waals surface area contributed by atoms with E-state index in [4.69, 9.17) is 14.2 Å². The maximum atomic E-state index is 11.6. The molecule has 0 fully saturated rings. The van der Waals surface area contributed by atoms with Gasteiger partial charge in [-0.15, -0.1) is 0 Å². The Bertz CT molecular complexity index is 399. The van der Waals surface area contributed by atoms with E-state index in [0.29, 0.717) is 45.8 Å². The Labute approximate surface area is 157 Å². The average Bonchev–Trinajstić information content (AvgIpc) is 2.61. The fraction of sp³-hybridized carbons (Fsp3) is 0.842. The number of amides is 1. The van der Waals surface area contributed by atoms with Gasteiger partial charge in [0.15, 0.2) is 5.78 Å². The molecule has 0 radical (unpaired) electrons. The molecule has 0 unspecified atom stereocenters. The van der Waals surface area contributed by atoms with E-state index >= 15 is 0 Å². The molecule has 1 atom stereocenters. The summed E-state index contributed by atoms with van der Waals surface area (Å²) < 4.78 is 15.6. The first-order chi connectivity index (χ1) is 12.5. The topological polar surface area (TPSA) is 90.9 Å². The molecule has 7 nitrogen and oxygen atoms in total. The largest absolute Gasteiger partial charge is 0.379 e. The molecule has 0 saturated heterocycles. The van der Waals surface area contributed by atoms with E-state index in [-0.39, 0.29) is 36.6 Å². The Balaban J connectivity index is 3.34. The van der Waals surface area contributed by atoms with E-state index in [1.807, 2.05) is 13.8 Å². The summed E-state index contributed by atoms with van der Waals surface area (Å²) in [5.41, 5.74) is 0. The third kappa shape index (κ3) is 16.2. The molecule has 1 amide bonds. The van der Waals surface area contributed by atoms with Crippen LogP contribution in [-0.4, -0.2) is 63.7 Å². The summed E-state index contributed by atoms with van der Waals surface area (Å²) in [6, 6.07) is 0. The third-order valence-electron chi connectivity index (χ3n) is 3.90. The summed E-state index contributed by atoms with van der Waals surface area (Å²) in [5.74, 6) is 0.240. The molecule has 0 aromatic rings. The Morgan fingerprint density at radius 1 is 0.923 bits per heavy atom. The zero-order valence-electron chi connectivity index (χ0n) is 16.5. The number of rotatable bonds is 18. The van der Waals surface area contributed by atoms with E-state index in [0.717, 1.165) is 19.3 Å². The summed E-state index contributed by atoms with van der Waals surface area (Å²) in [5, 5.41) is 2.79. The number of nitrogens with one attached hydrogen (secondary N) is 1. The van der Waals surface area contributed by atoms with Gasteiger partial charge in [-0.1, -0.05) is 13.3 Å². The van der Waals surface area contributed by atoms with Crippen molar-refractivity contribution in [3.05, 3.63) is 0 Å². The number of ketones is 2. The van der Waals surface area contributed by atoms with E-state index in [1.54, 1.807) is 6.92 Å². The summed E-state index contributed by atoms with van der Waals surface area (Å²) >= 11 is 0. The van der Waals surface area contributed by atoms with Crippen molar-refractivity contribution in [2.45, 2.75) is 52.9 Å². The minimum absolute atomic E-state index is 0.0139. The summed E-state index contributed by atoms with van der Waals surface area (Å²) in [6.07, 6.45) is 3.75. The maximum absolute atomic E-state index is 11.6. The molecule has 0 heterocycles. The zero-order chi connectivity index (χ0) is 19.6. The number of hydrogen-bond donors (Lipinski definition) is 1. The van der Waals surface area contributed by atoms with Crippen LogP contribution >= 0.6 is 0 Å². The second-order valence-electron chi connectivity index (χ2n) is 6.30. The fourth-order valence-corrected chi connectivity index (χ4v) is 2.10. The fourth-order valence-electron chi connectivity index (χ4n) is 2.10. The first kappa shape index (κ1) is 24.7. The first-order valence-electron chi connectivity index (χ1n) is 9.49. The number of carbonyl (C=O) groups excluding carboxylic acids is 3. The van der Waals surface area contributed by atoms with Crippen molar-refractivity contribution in [3.8, 4) is 0 Å². The van der Waals surface area contributed by atoms with Crippen LogP contribution in [0.5, 0.6) is 0 Å². The van der Waals surface area contributed by atoms with Gasteiger partial charge in [0.1, 0.15) is 19.0 Å². The lowest BCUT2D eigenvalue weighted by atomic mass is 10.0. The maximum Gasteiger partial charge on any atom is 0.245 e.